The van der Waals surface area contributed by atoms with E-state index in [1.54, 1.807) is 14.0 Å². The van der Waals surface area contributed by atoms with Gasteiger partial charge in [0.2, 0.25) is 5.89 Å². The molecule has 2 aromatic rings. The van der Waals surface area contributed by atoms with Crippen LogP contribution >= 0.6 is 0 Å². The number of methoxy groups -OCH3 is 1. The molecule has 5 nitrogen and oxygen atoms in total. The second kappa shape index (κ2) is 5.07. The summed E-state index contributed by atoms with van der Waals surface area (Å²) in [6.07, 6.45) is 0. The molecule has 90 valence electrons. The molecular weight excluding hydrogens is 218 g/mol. The number of rotatable bonds is 4. The van der Waals surface area contributed by atoms with Crippen molar-refractivity contribution in [2.75, 3.05) is 7.11 Å². The van der Waals surface area contributed by atoms with Crippen LogP contribution in [0.2, 0.25) is 0 Å². The highest BCUT2D eigenvalue weighted by molar-refractivity contribution is 5.32. The minimum absolute atomic E-state index is 0.390. The molecule has 0 amide bonds. The molecule has 1 aromatic heterocycles. The largest absolute Gasteiger partial charge is 0.380 e. The monoisotopic (exact) mass is 233 g/mol. The van der Waals surface area contributed by atoms with Crippen molar-refractivity contribution in [3.63, 3.8) is 0 Å². The molecule has 1 heterocycles. The number of nitrogens with zero attached hydrogens (tertiary/aromatic N) is 2. The van der Waals surface area contributed by atoms with Gasteiger partial charge in [-0.05, 0) is 11.1 Å². The first kappa shape index (κ1) is 11.8. The summed E-state index contributed by atoms with van der Waals surface area (Å²) < 4.78 is 10.1. The molecule has 0 radical (unpaired) electrons. The first-order chi connectivity index (χ1) is 8.22. The van der Waals surface area contributed by atoms with E-state index in [0.29, 0.717) is 18.3 Å². The van der Waals surface area contributed by atoms with E-state index in [0.717, 1.165) is 11.1 Å². The molecule has 1 aromatic carbocycles. The van der Waals surface area contributed by atoms with Gasteiger partial charge in [-0.25, -0.2) is 0 Å². The van der Waals surface area contributed by atoms with Crippen LogP contribution in [0, 0.1) is 6.92 Å². The topological polar surface area (TPSA) is 74.2 Å². The Morgan fingerprint density at radius 3 is 2.82 bits per heavy atom. The van der Waals surface area contributed by atoms with Gasteiger partial charge in [0.25, 0.3) is 0 Å². The third-order valence-corrected chi connectivity index (χ3v) is 2.51. The third-order valence-electron chi connectivity index (χ3n) is 2.51. The molecule has 5 heteroatoms. The maximum atomic E-state index is 6.12. The van der Waals surface area contributed by atoms with Gasteiger partial charge in [-0.2, -0.15) is 4.98 Å². The Balaban J connectivity index is 2.33. The fourth-order valence-corrected chi connectivity index (χ4v) is 1.70. The molecule has 2 N–H and O–H groups in total. The summed E-state index contributed by atoms with van der Waals surface area (Å²) in [6.45, 7) is 2.25. The summed E-state index contributed by atoms with van der Waals surface area (Å²) in [5.41, 5.74) is 8.11. The van der Waals surface area contributed by atoms with Crippen LogP contribution in [0.4, 0.5) is 0 Å². The summed E-state index contributed by atoms with van der Waals surface area (Å²) in [7, 11) is 1.65. The maximum absolute atomic E-state index is 6.12. The molecule has 1 atom stereocenters. The number of aryl methyl sites for hydroxylation is 1. The van der Waals surface area contributed by atoms with Crippen LogP contribution in [0.15, 0.2) is 28.8 Å². The van der Waals surface area contributed by atoms with Crippen molar-refractivity contribution in [2.24, 2.45) is 5.73 Å². The third kappa shape index (κ3) is 2.51. The minimum Gasteiger partial charge on any atom is -0.380 e. The number of ether oxygens (including phenoxy) is 1. The van der Waals surface area contributed by atoms with Crippen LogP contribution in [-0.2, 0) is 11.3 Å². The van der Waals surface area contributed by atoms with Crippen molar-refractivity contribution < 1.29 is 9.26 Å². The highest BCUT2D eigenvalue weighted by Crippen LogP contribution is 2.21. The van der Waals surface area contributed by atoms with Crippen molar-refractivity contribution in [1.29, 1.82) is 0 Å². The van der Waals surface area contributed by atoms with E-state index in [2.05, 4.69) is 10.1 Å². The number of aromatic nitrogens is 2. The van der Waals surface area contributed by atoms with Crippen molar-refractivity contribution in [2.45, 2.75) is 19.6 Å². The minimum atomic E-state index is -0.390. The number of hydrogen-bond donors (Lipinski definition) is 1. The normalized spacial score (nSPS) is 12.6. The van der Waals surface area contributed by atoms with Gasteiger partial charge in [-0.15, -0.1) is 0 Å². The zero-order valence-corrected chi connectivity index (χ0v) is 9.88. The van der Waals surface area contributed by atoms with E-state index in [1.165, 1.54) is 0 Å². The lowest BCUT2D eigenvalue weighted by molar-refractivity contribution is 0.184. The van der Waals surface area contributed by atoms with E-state index >= 15 is 0 Å². The van der Waals surface area contributed by atoms with Crippen LogP contribution in [0.1, 0.15) is 28.9 Å². The average molecular weight is 233 g/mol. The zero-order valence-electron chi connectivity index (χ0n) is 9.88. The highest BCUT2D eigenvalue weighted by atomic mass is 16.5. The van der Waals surface area contributed by atoms with Gasteiger partial charge in [0.15, 0.2) is 5.82 Å². The quantitative estimate of drug-likeness (QED) is 0.867. The van der Waals surface area contributed by atoms with Crippen molar-refractivity contribution in [3.05, 3.63) is 47.1 Å². The summed E-state index contributed by atoms with van der Waals surface area (Å²) in [5, 5.41) is 3.84. The van der Waals surface area contributed by atoms with E-state index in [9.17, 15) is 0 Å². The van der Waals surface area contributed by atoms with Gasteiger partial charge in [-0.3, -0.25) is 0 Å². The van der Waals surface area contributed by atoms with E-state index in [-0.39, 0.29) is 0 Å². The molecule has 0 spiro atoms. The lowest BCUT2D eigenvalue weighted by Gasteiger charge is -2.12. The Labute approximate surface area is 99.6 Å². The van der Waals surface area contributed by atoms with Crippen LogP contribution in [0.25, 0.3) is 0 Å². The molecule has 0 aliphatic rings. The average Bonchev–Trinajstić information content (AvgIpc) is 2.76. The fraction of sp³-hybridized carbons (Fsp3) is 0.333. The molecule has 0 saturated heterocycles. The van der Waals surface area contributed by atoms with Gasteiger partial charge >= 0.3 is 0 Å². The number of hydrogen-bond acceptors (Lipinski definition) is 5. The lowest BCUT2D eigenvalue weighted by Crippen LogP contribution is -2.16. The first-order valence-corrected chi connectivity index (χ1v) is 5.35. The fourth-order valence-electron chi connectivity index (χ4n) is 1.70. The van der Waals surface area contributed by atoms with Gasteiger partial charge in [0.05, 0.1) is 12.6 Å². The number of nitrogens with two attached hydrogens (primary N) is 1. The molecule has 0 fully saturated rings. The first-order valence-electron chi connectivity index (χ1n) is 5.35. The van der Waals surface area contributed by atoms with E-state index in [4.69, 9.17) is 15.0 Å². The molecule has 0 aliphatic heterocycles. The molecule has 0 saturated carbocycles. The second-order valence-corrected chi connectivity index (χ2v) is 3.78. The van der Waals surface area contributed by atoms with E-state index < -0.39 is 6.04 Å². The number of benzene rings is 1. The zero-order chi connectivity index (χ0) is 12.3. The van der Waals surface area contributed by atoms with Gasteiger partial charge in [0, 0.05) is 14.0 Å². The summed E-state index contributed by atoms with van der Waals surface area (Å²) in [6, 6.07) is 7.42. The summed E-state index contributed by atoms with van der Waals surface area (Å²) in [4.78, 5) is 4.14. The molecule has 0 aliphatic carbocycles. The molecule has 0 bridgehead atoms. The van der Waals surface area contributed by atoms with Gasteiger partial charge in [-0.1, -0.05) is 29.4 Å². The SMILES string of the molecule is COCc1ccccc1C(N)c1noc(C)n1. The second-order valence-electron chi connectivity index (χ2n) is 3.78. The van der Waals surface area contributed by atoms with E-state index in [1.807, 2.05) is 24.3 Å². The van der Waals surface area contributed by atoms with Gasteiger partial charge in [0.1, 0.15) is 0 Å². The Kier molecular flexibility index (Phi) is 3.51. The van der Waals surface area contributed by atoms with Crippen molar-refractivity contribution >= 4 is 0 Å². The predicted octanol–water partition coefficient (Wildman–Crippen LogP) is 1.57. The predicted molar refractivity (Wildman–Crippen MR) is 62.2 cm³/mol. The Bertz CT molecular complexity index is 496. The maximum Gasteiger partial charge on any atom is 0.223 e. The standard InChI is InChI=1S/C12H15N3O2/c1-8-14-12(15-17-8)11(13)10-6-4-3-5-9(10)7-16-2/h3-6,11H,7,13H2,1-2H3. The molecule has 17 heavy (non-hydrogen) atoms. The van der Waals surface area contributed by atoms with Crippen LogP contribution in [-0.4, -0.2) is 17.3 Å². The van der Waals surface area contributed by atoms with Crippen LogP contribution in [0.5, 0.6) is 0 Å². The van der Waals surface area contributed by atoms with Crippen molar-refractivity contribution in [1.82, 2.24) is 10.1 Å². The molecule has 2 rings (SSSR count). The Morgan fingerprint density at radius 2 is 2.18 bits per heavy atom. The van der Waals surface area contributed by atoms with Crippen LogP contribution in [0.3, 0.4) is 0 Å². The van der Waals surface area contributed by atoms with Crippen LogP contribution < -0.4 is 5.73 Å². The lowest BCUT2D eigenvalue weighted by atomic mass is 10.0. The Morgan fingerprint density at radius 1 is 1.41 bits per heavy atom. The molecule has 1 unspecified atom stereocenters. The molecular formula is C12H15N3O2. The van der Waals surface area contributed by atoms with Crippen molar-refractivity contribution in [3.8, 4) is 0 Å². The summed E-state index contributed by atoms with van der Waals surface area (Å²) in [5.74, 6) is 1.01. The Hall–Kier alpha value is -1.72. The smallest absolute Gasteiger partial charge is 0.223 e. The highest BCUT2D eigenvalue weighted by Gasteiger charge is 2.17. The van der Waals surface area contributed by atoms with Gasteiger partial charge < -0.3 is 15.0 Å². The summed E-state index contributed by atoms with van der Waals surface area (Å²) >= 11 is 0.